The monoisotopic (exact) mass is 252 g/mol. The molecule has 74 valence electrons. The quantitative estimate of drug-likeness (QED) is 0.652. The van der Waals surface area contributed by atoms with E-state index < -0.39 is 0 Å². The highest BCUT2D eigenvalue weighted by Gasteiger charge is 2.10. The Hall–Kier alpha value is -0.970. The van der Waals surface area contributed by atoms with E-state index >= 15 is 0 Å². The SMILES string of the molecule is Clc1nsc(-c2csc3ccccc23)n1. The summed E-state index contributed by atoms with van der Waals surface area (Å²) in [6, 6.07) is 8.26. The summed E-state index contributed by atoms with van der Waals surface area (Å²) >= 11 is 8.77. The third-order valence-corrected chi connectivity index (χ3v) is 4.09. The fraction of sp³-hybridized carbons (Fsp3) is 0. The first-order valence-electron chi connectivity index (χ1n) is 4.30. The summed E-state index contributed by atoms with van der Waals surface area (Å²) in [4.78, 5) is 4.18. The van der Waals surface area contributed by atoms with Gasteiger partial charge in [-0.15, -0.1) is 11.3 Å². The van der Waals surface area contributed by atoms with Gasteiger partial charge in [-0.3, -0.25) is 0 Å². The normalized spacial score (nSPS) is 11.0. The minimum Gasteiger partial charge on any atom is -0.204 e. The van der Waals surface area contributed by atoms with Gasteiger partial charge in [0.1, 0.15) is 5.01 Å². The number of hydrogen-bond donors (Lipinski definition) is 0. The molecule has 3 aromatic rings. The van der Waals surface area contributed by atoms with Crippen molar-refractivity contribution in [2.75, 3.05) is 0 Å². The highest BCUT2D eigenvalue weighted by molar-refractivity contribution is 7.18. The lowest BCUT2D eigenvalue weighted by Gasteiger charge is -1.91. The highest BCUT2D eigenvalue weighted by atomic mass is 35.5. The largest absolute Gasteiger partial charge is 0.234 e. The molecule has 2 aromatic heterocycles. The number of nitrogens with zero attached hydrogens (tertiary/aromatic N) is 2. The molecule has 0 amide bonds. The first kappa shape index (κ1) is 9.27. The second-order valence-corrected chi connectivity index (χ2v) is 5.02. The molecule has 0 atom stereocenters. The van der Waals surface area contributed by atoms with E-state index in [1.807, 2.05) is 12.1 Å². The molecule has 1 aromatic carbocycles. The van der Waals surface area contributed by atoms with Crippen molar-refractivity contribution in [3.05, 3.63) is 34.9 Å². The zero-order chi connectivity index (χ0) is 10.3. The van der Waals surface area contributed by atoms with Crippen molar-refractivity contribution in [3.8, 4) is 10.6 Å². The lowest BCUT2D eigenvalue weighted by Crippen LogP contribution is -1.72. The minimum atomic E-state index is 0.324. The van der Waals surface area contributed by atoms with Crippen LogP contribution >= 0.6 is 34.5 Å². The van der Waals surface area contributed by atoms with Crippen molar-refractivity contribution in [2.24, 2.45) is 0 Å². The average molecular weight is 253 g/mol. The van der Waals surface area contributed by atoms with Crippen LogP contribution in [0, 0.1) is 0 Å². The molecule has 0 N–H and O–H groups in total. The molecule has 0 unspecified atom stereocenters. The molecule has 0 saturated carbocycles. The number of benzene rings is 1. The lowest BCUT2D eigenvalue weighted by molar-refractivity contribution is 1.33. The van der Waals surface area contributed by atoms with E-state index in [9.17, 15) is 0 Å². The third kappa shape index (κ3) is 1.55. The van der Waals surface area contributed by atoms with E-state index in [0.29, 0.717) is 5.28 Å². The fourth-order valence-corrected chi connectivity index (χ4v) is 3.31. The first-order chi connectivity index (χ1) is 7.34. The molecule has 15 heavy (non-hydrogen) atoms. The molecule has 0 aliphatic carbocycles. The number of fused-ring (bicyclic) bond motifs is 1. The zero-order valence-corrected chi connectivity index (χ0v) is 9.86. The second-order valence-electron chi connectivity index (χ2n) is 3.01. The summed E-state index contributed by atoms with van der Waals surface area (Å²) in [5.74, 6) is 0. The Bertz CT molecular complexity index is 614. The van der Waals surface area contributed by atoms with E-state index in [2.05, 4.69) is 26.9 Å². The zero-order valence-electron chi connectivity index (χ0n) is 7.48. The average Bonchev–Trinajstić information content (AvgIpc) is 2.83. The molecule has 2 heterocycles. The van der Waals surface area contributed by atoms with Crippen LogP contribution in [0.15, 0.2) is 29.6 Å². The maximum Gasteiger partial charge on any atom is 0.234 e. The van der Waals surface area contributed by atoms with E-state index in [-0.39, 0.29) is 0 Å². The van der Waals surface area contributed by atoms with E-state index in [4.69, 9.17) is 11.6 Å². The van der Waals surface area contributed by atoms with Gasteiger partial charge in [-0.05, 0) is 29.2 Å². The molecule has 0 aliphatic rings. The molecule has 0 spiro atoms. The van der Waals surface area contributed by atoms with Gasteiger partial charge in [0, 0.05) is 21.0 Å². The van der Waals surface area contributed by atoms with Gasteiger partial charge >= 0.3 is 0 Å². The van der Waals surface area contributed by atoms with Gasteiger partial charge in [0.2, 0.25) is 5.28 Å². The van der Waals surface area contributed by atoms with Gasteiger partial charge in [0.25, 0.3) is 0 Å². The van der Waals surface area contributed by atoms with Gasteiger partial charge in [-0.2, -0.15) is 4.37 Å². The van der Waals surface area contributed by atoms with E-state index in [1.165, 1.54) is 21.6 Å². The number of hydrogen-bond acceptors (Lipinski definition) is 4. The minimum absolute atomic E-state index is 0.324. The van der Waals surface area contributed by atoms with Crippen molar-refractivity contribution in [3.63, 3.8) is 0 Å². The van der Waals surface area contributed by atoms with Crippen molar-refractivity contribution in [2.45, 2.75) is 0 Å². The summed E-state index contributed by atoms with van der Waals surface area (Å²) in [7, 11) is 0. The molecule has 0 saturated heterocycles. The molecule has 0 bridgehead atoms. The van der Waals surface area contributed by atoms with Crippen LogP contribution in [-0.4, -0.2) is 9.36 Å². The molecule has 5 heteroatoms. The second kappa shape index (κ2) is 3.56. The third-order valence-electron chi connectivity index (χ3n) is 2.11. The smallest absolute Gasteiger partial charge is 0.204 e. The van der Waals surface area contributed by atoms with Crippen LogP contribution in [0.2, 0.25) is 5.28 Å². The number of thiophene rings is 1. The Kier molecular flexibility index (Phi) is 2.20. The Balaban J connectivity index is 2.27. The molecule has 0 aliphatic heterocycles. The topological polar surface area (TPSA) is 25.8 Å². The van der Waals surface area contributed by atoms with Crippen molar-refractivity contribution >= 4 is 44.6 Å². The van der Waals surface area contributed by atoms with E-state index in [0.717, 1.165) is 10.6 Å². The Morgan fingerprint density at radius 1 is 1.20 bits per heavy atom. The number of aromatic nitrogens is 2. The van der Waals surface area contributed by atoms with Crippen LogP contribution in [0.1, 0.15) is 0 Å². The van der Waals surface area contributed by atoms with E-state index in [1.54, 1.807) is 11.3 Å². The van der Waals surface area contributed by atoms with Crippen molar-refractivity contribution in [1.29, 1.82) is 0 Å². The van der Waals surface area contributed by atoms with Gasteiger partial charge in [-0.25, -0.2) is 4.98 Å². The maximum atomic E-state index is 5.72. The molecule has 0 radical (unpaired) electrons. The van der Waals surface area contributed by atoms with Crippen LogP contribution in [0.25, 0.3) is 20.7 Å². The Labute approximate surface area is 99.3 Å². The lowest BCUT2D eigenvalue weighted by atomic mass is 10.2. The van der Waals surface area contributed by atoms with Crippen LogP contribution < -0.4 is 0 Å². The predicted octanol–water partition coefficient (Wildman–Crippen LogP) is 4.07. The summed E-state index contributed by atoms with van der Waals surface area (Å²) in [6.07, 6.45) is 0. The summed E-state index contributed by atoms with van der Waals surface area (Å²) in [5.41, 5.74) is 1.13. The van der Waals surface area contributed by atoms with Gasteiger partial charge < -0.3 is 0 Å². The first-order valence-corrected chi connectivity index (χ1v) is 6.33. The summed E-state index contributed by atoms with van der Waals surface area (Å²) in [5, 5.41) is 4.53. The molecular formula is C10H5ClN2S2. The Morgan fingerprint density at radius 2 is 2.07 bits per heavy atom. The van der Waals surface area contributed by atoms with Crippen LogP contribution in [0.3, 0.4) is 0 Å². The highest BCUT2D eigenvalue weighted by Crippen LogP contribution is 2.34. The molecule has 2 nitrogen and oxygen atoms in total. The van der Waals surface area contributed by atoms with Gasteiger partial charge in [-0.1, -0.05) is 18.2 Å². The predicted molar refractivity (Wildman–Crippen MR) is 65.7 cm³/mol. The maximum absolute atomic E-state index is 5.72. The molecular weight excluding hydrogens is 248 g/mol. The molecule has 3 rings (SSSR count). The van der Waals surface area contributed by atoms with Crippen LogP contribution in [-0.2, 0) is 0 Å². The number of halogens is 1. The standard InChI is InChI=1S/C10H5ClN2S2/c11-10-12-9(15-13-10)7-5-14-8-4-2-1-3-6(7)8/h1-5H. The Morgan fingerprint density at radius 3 is 2.87 bits per heavy atom. The van der Waals surface area contributed by atoms with Gasteiger partial charge in [0.15, 0.2) is 0 Å². The fourth-order valence-electron chi connectivity index (χ4n) is 1.46. The van der Waals surface area contributed by atoms with Crippen LogP contribution in [0.4, 0.5) is 0 Å². The summed E-state index contributed by atoms with van der Waals surface area (Å²) in [6.45, 7) is 0. The van der Waals surface area contributed by atoms with Crippen LogP contribution in [0.5, 0.6) is 0 Å². The van der Waals surface area contributed by atoms with Crippen molar-refractivity contribution in [1.82, 2.24) is 9.36 Å². The number of rotatable bonds is 1. The summed E-state index contributed by atoms with van der Waals surface area (Å²) < 4.78 is 5.24. The van der Waals surface area contributed by atoms with Crippen molar-refractivity contribution < 1.29 is 0 Å². The molecule has 0 fully saturated rings. The van der Waals surface area contributed by atoms with Gasteiger partial charge in [0.05, 0.1) is 0 Å².